The van der Waals surface area contributed by atoms with E-state index in [9.17, 15) is 5.11 Å². The molecule has 3 nitrogen and oxygen atoms in total. The Bertz CT molecular complexity index is 698. The Morgan fingerprint density at radius 3 is 2.63 bits per heavy atom. The van der Waals surface area contributed by atoms with E-state index in [4.69, 9.17) is 0 Å². The molecule has 0 saturated heterocycles. The van der Waals surface area contributed by atoms with Gasteiger partial charge in [-0.15, -0.1) is 0 Å². The average Bonchev–Trinajstić information content (AvgIpc) is 2.96. The van der Waals surface area contributed by atoms with Crippen LogP contribution in [0, 0.1) is 0 Å². The van der Waals surface area contributed by atoms with Crippen molar-refractivity contribution in [1.82, 2.24) is 9.38 Å². The minimum Gasteiger partial charge on any atom is -0.390 e. The van der Waals surface area contributed by atoms with Gasteiger partial charge in [-0.25, -0.2) is 4.98 Å². The fourth-order valence-corrected chi connectivity index (χ4v) is 3.28. The van der Waals surface area contributed by atoms with Crippen LogP contribution in [0.4, 0.5) is 0 Å². The standard InChI is InChI=1S/C15H16N2OS/c1-10(2)14-12(9-18)17-8-13(19-15(17)16-14)11-6-4-3-5-7-11/h3-8,10,18H,9H2,1-2H3. The molecule has 1 aromatic carbocycles. The van der Waals surface area contributed by atoms with Gasteiger partial charge in [0.1, 0.15) is 0 Å². The Morgan fingerprint density at radius 1 is 1.26 bits per heavy atom. The van der Waals surface area contributed by atoms with Crippen molar-refractivity contribution >= 4 is 16.3 Å². The molecule has 0 bridgehead atoms. The summed E-state index contributed by atoms with van der Waals surface area (Å²) in [7, 11) is 0. The number of thiazole rings is 1. The smallest absolute Gasteiger partial charge is 0.194 e. The van der Waals surface area contributed by atoms with E-state index in [2.05, 4.69) is 37.2 Å². The fourth-order valence-electron chi connectivity index (χ4n) is 2.26. The monoisotopic (exact) mass is 272 g/mol. The lowest BCUT2D eigenvalue weighted by molar-refractivity contribution is 0.274. The predicted octanol–water partition coefficient (Wildman–Crippen LogP) is 3.68. The molecule has 0 aliphatic carbocycles. The second kappa shape index (κ2) is 4.79. The molecule has 0 aliphatic rings. The van der Waals surface area contributed by atoms with Gasteiger partial charge in [0, 0.05) is 6.20 Å². The Balaban J connectivity index is 2.15. The highest BCUT2D eigenvalue weighted by Crippen LogP contribution is 2.31. The molecule has 3 aromatic rings. The van der Waals surface area contributed by atoms with Crippen molar-refractivity contribution in [3.63, 3.8) is 0 Å². The number of imidazole rings is 1. The molecular weight excluding hydrogens is 256 g/mol. The van der Waals surface area contributed by atoms with E-state index >= 15 is 0 Å². The first-order valence-corrected chi connectivity index (χ1v) is 7.19. The number of benzene rings is 1. The molecule has 4 heteroatoms. The predicted molar refractivity (Wildman–Crippen MR) is 78.5 cm³/mol. The molecule has 0 amide bonds. The van der Waals surface area contributed by atoms with E-state index in [1.165, 1.54) is 10.4 Å². The number of aliphatic hydroxyl groups excluding tert-OH is 1. The van der Waals surface area contributed by atoms with Gasteiger partial charge in [-0.05, 0) is 11.5 Å². The van der Waals surface area contributed by atoms with Crippen LogP contribution < -0.4 is 0 Å². The first-order valence-electron chi connectivity index (χ1n) is 6.37. The average molecular weight is 272 g/mol. The van der Waals surface area contributed by atoms with Crippen LogP contribution in [-0.4, -0.2) is 14.5 Å². The third-order valence-electron chi connectivity index (χ3n) is 3.21. The van der Waals surface area contributed by atoms with Crippen molar-refractivity contribution in [2.45, 2.75) is 26.4 Å². The van der Waals surface area contributed by atoms with Crippen molar-refractivity contribution in [2.75, 3.05) is 0 Å². The van der Waals surface area contributed by atoms with Gasteiger partial charge < -0.3 is 5.11 Å². The highest BCUT2D eigenvalue weighted by molar-refractivity contribution is 7.20. The second-order valence-corrected chi connectivity index (χ2v) is 5.88. The zero-order valence-corrected chi connectivity index (χ0v) is 11.8. The largest absolute Gasteiger partial charge is 0.390 e. The highest BCUT2D eigenvalue weighted by atomic mass is 32.1. The summed E-state index contributed by atoms with van der Waals surface area (Å²) in [4.78, 5) is 6.78. The molecule has 2 heterocycles. The van der Waals surface area contributed by atoms with Crippen LogP contribution in [-0.2, 0) is 6.61 Å². The van der Waals surface area contributed by atoms with Gasteiger partial charge in [0.05, 0.1) is 22.9 Å². The van der Waals surface area contributed by atoms with Crippen LogP contribution in [0.15, 0.2) is 36.5 Å². The number of aromatic nitrogens is 2. The molecule has 0 saturated carbocycles. The zero-order valence-electron chi connectivity index (χ0n) is 11.0. The summed E-state index contributed by atoms with van der Waals surface area (Å²) in [6.45, 7) is 4.23. The van der Waals surface area contributed by atoms with Crippen LogP contribution in [0.1, 0.15) is 31.2 Å². The number of aliphatic hydroxyl groups is 1. The SMILES string of the molecule is CC(C)c1nc2sc(-c3ccccc3)cn2c1CO. The summed E-state index contributed by atoms with van der Waals surface area (Å²) in [5.74, 6) is 0.328. The Kier molecular flexibility index (Phi) is 3.12. The molecular formula is C15H16N2OS. The van der Waals surface area contributed by atoms with Crippen LogP contribution in [0.5, 0.6) is 0 Å². The third kappa shape index (κ3) is 2.07. The van der Waals surface area contributed by atoms with Crippen molar-refractivity contribution < 1.29 is 5.11 Å². The summed E-state index contributed by atoms with van der Waals surface area (Å²) in [5.41, 5.74) is 3.09. The van der Waals surface area contributed by atoms with Gasteiger partial charge in [-0.3, -0.25) is 4.40 Å². The van der Waals surface area contributed by atoms with E-state index in [1.54, 1.807) is 11.3 Å². The van der Waals surface area contributed by atoms with E-state index in [0.29, 0.717) is 5.92 Å². The lowest BCUT2D eigenvalue weighted by Crippen LogP contribution is -1.97. The Labute approximate surface area is 116 Å². The molecule has 2 aromatic heterocycles. The quantitative estimate of drug-likeness (QED) is 0.789. The zero-order chi connectivity index (χ0) is 13.4. The number of hydrogen-bond acceptors (Lipinski definition) is 3. The van der Waals surface area contributed by atoms with Gasteiger partial charge >= 0.3 is 0 Å². The summed E-state index contributed by atoms with van der Waals surface area (Å²) in [5, 5.41) is 9.58. The fraction of sp³-hybridized carbons (Fsp3) is 0.267. The Morgan fingerprint density at radius 2 is 2.00 bits per heavy atom. The minimum absolute atomic E-state index is 0.0274. The maximum Gasteiger partial charge on any atom is 0.194 e. The topological polar surface area (TPSA) is 37.5 Å². The molecule has 0 spiro atoms. The first-order chi connectivity index (χ1) is 9.20. The lowest BCUT2D eigenvalue weighted by atomic mass is 10.1. The molecule has 0 radical (unpaired) electrons. The Hall–Kier alpha value is -1.65. The summed E-state index contributed by atoms with van der Waals surface area (Å²) in [6.07, 6.45) is 2.07. The number of rotatable bonds is 3. The van der Waals surface area contributed by atoms with Gasteiger partial charge in [-0.1, -0.05) is 55.5 Å². The normalized spacial score (nSPS) is 11.6. The van der Waals surface area contributed by atoms with Crippen LogP contribution in [0.2, 0.25) is 0 Å². The van der Waals surface area contributed by atoms with Crippen molar-refractivity contribution in [2.24, 2.45) is 0 Å². The molecule has 3 rings (SSSR count). The van der Waals surface area contributed by atoms with E-state index in [-0.39, 0.29) is 6.61 Å². The summed E-state index contributed by atoms with van der Waals surface area (Å²) >= 11 is 1.66. The molecule has 98 valence electrons. The molecule has 1 N–H and O–H groups in total. The van der Waals surface area contributed by atoms with Crippen LogP contribution >= 0.6 is 11.3 Å². The van der Waals surface area contributed by atoms with E-state index in [1.807, 2.05) is 22.6 Å². The lowest BCUT2D eigenvalue weighted by Gasteiger charge is -2.03. The van der Waals surface area contributed by atoms with E-state index < -0.39 is 0 Å². The highest BCUT2D eigenvalue weighted by Gasteiger charge is 2.16. The van der Waals surface area contributed by atoms with Crippen molar-refractivity contribution in [3.05, 3.63) is 47.9 Å². The van der Waals surface area contributed by atoms with Crippen molar-refractivity contribution in [3.8, 4) is 10.4 Å². The van der Waals surface area contributed by atoms with E-state index in [0.717, 1.165) is 16.3 Å². The molecule has 0 aliphatic heterocycles. The molecule has 0 unspecified atom stereocenters. The van der Waals surface area contributed by atoms with Crippen LogP contribution in [0.3, 0.4) is 0 Å². The van der Waals surface area contributed by atoms with Gasteiger partial charge in [0.25, 0.3) is 0 Å². The third-order valence-corrected chi connectivity index (χ3v) is 4.24. The minimum atomic E-state index is 0.0274. The van der Waals surface area contributed by atoms with Gasteiger partial charge in [0.15, 0.2) is 4.96 Å². The molecule has 0 fully saturated rings. The summed E-state index contributed by atoms with van der Waals surface area (Å²) in [6, 6.07) is 10.3. The number of nitrogens with zero attached hydrogens (tertiary/aromatic N) is 2. The van der Waals surface area contributed by atoms with Crippen LogP contribution in [0.25, 0.3) is 15.4 Å². The maximum absolute atomic E-state index is 9.58. The van der Waals surface area contributed by atoms with Crippen molar-refractivity contribution in [1.29, 1.82) is 0 Å². The second-order valence-electron chi connectivity index (χ2n) is 4.87. The summed E-state index contributed by atoms with van der Waals surface area (Å²) < 4.78 is 2.02. The molecule has 0 atom stereocenters. The van der Waals surface area contributed by atoms with Gasteiger partial charge in [-0.2, -0.15) is 0 Å². The maximum atomic E-state index is 9.58. The van der Waals surface area contributed by atoms with Gasteiger partial charge in [0.2, 0.25) is 0 Å². The molecule has 19 heavy (non-hydrogen) atoms. The number of hydrogen-bond donors (Lipinski definition) is 1. The first kappa shape index (κ1) is 12.4. The number of fused-ring (bicyclic) bond motifs is 1.